The zero-order valence-corrected chi connectivity index (χ0v) is 18.5. The minimum absolute atomic E-state index is 0.154. The summed E-state index contributed by atoms with van der Waals surface area (Å²) in [7, 11) is 0. The van der Waals surface area contributed by atoms with Gasteiger partial charge in [-0.15, -0.1) is 0 Å². The van der Waals surface area contributed by atoms with Crippen LogP contribution in [0.5, 0.6) is 11.5 Å². The second-order valence-electron chi connectivity index (χ2n) is 9.30. The van der Waals surface area contributed by atoms with Crippen LogP contribution in [0.4, 0.5) is 0 Å². The summed E-state index contributed by atoms with van der Waals surface area (Å²) in [6.45, 7) is 2.84. The number of hydrogen-bond acceptors (Lipinski definition) is 5. The lowest BCUT2D eigenvalue weighted by molar-refractivity contribution is -0.140. The number of imide groups is 1. The van der Waals surface area contributed by atoms with Gasteiger partial charge in [0.1, 0.15) is 6.61 Å². The van der Waals surface area contributed by atoms with E-state index in [1.807, 2.05) is 55.5 Å². The first kappa shape index (κ1) is 20.2. The Balaban J connectivity index is 1.19. The van der Waals surface area contributed by atoms with Crippen molar-refractivity contribution in [3.63, 3.8) is 0 Å². The lowest BCUT2D eigenvalue weighted by atomic mass is 9.63. The lowest BCUT2D eigenvalue weighted by Gasteiger charge is -2.37. The number of rotatable bonds is 7. The monoisotopic (exact) mass is 442 g/mol. The summed E-state index contributed by atoms with van der Waals surface area (Å²) < 4.78 is 11.7. The molecule has 3 fully saturated rings. The Bertz CT molecular complexity index is 1120. The molecule has 2 saturated carbocycles. The van der Waals surface area contributed by atoms with Crippen LogP contribution in [0, 0.1) is 35.5 Å². The molecule has 0 aromatic heterocycles. The number of carbonyl (C=O) groups excluding carboxylic acids is 2. The highest BCUT2D eigenvalue weighted by atomic mass is 16.5. The summed E-state index contributed by atoms with van der Waals surface area (Å²) in [6, 6.07) is 15.4. The minimum Gasteiger partial charge on any atom is -0.490 e. The van der Waals surface area contributed by atoms with Crippen molar-refractivity contribution in [1.29, 1.82) is 0 Å². The molecule has 0 unspecified atom stereocenters. The zero-order valence-electron chi connectivity index (χ0n) is 18.5. The van der Waals surface area contributed by atoms with E-state index in [2.05, 4.69) is 17.3 Å². The Labute approximate surface area is 192 Å². The van der Waals surface area contributed by atoms with Crippen LogP contribution >= 0.6 is 0 Å². The molecule has 33 heavy (non-hydrogen) atoms. The topological polar surface area (TPSA) is 68.2 Å². The molecule has 2 bridgehead atoms. The van der Waals surface area contributed by atoms with Crippen LogP contribution < -0.4 is 9.47 Å². The molecule has 2 aromatic carbocycles. The average Bonchev–Trinajstić information content (AvgIpc) is 3.62. The Morgan fingerprint density at radius 3 is 2.30 bits per heavy atom. The molecule has 6 atom stereocenters. The molecule has 168 valence electrons. The molecule has 2 aromatic rings. The molecule has 6 nitrogen and oxygen atoms in total. The summed E-state index contributed by atoms with van der Waals surface area (Å²) >= 11 is 0. The lowest BCUT2D eigenvalue weighted by Crippen LogP contribution is -2.40. The molecule has 0 radical (unpaired) electrons. The first-order valence-corrected chi connectivity index (χ1v) is 11.7. The van der Waals surface area contributed by atoms with Gasteiger partial charge in [-0.25, -0.2) is 0 Å². The zero-order chi connectivity index (χ0) is 22.5. The molecular weight excluding hydrogens is 416 g/mol. The maximum absolute atomic E-state index is 13.1. The molecule has 2 amide bonds. The number of nitrogens with zero attached hydrogens (tertiary/aromatic N) is 2. The number of ether oxygens (including phenoxy) is 2. The van der Waals surface area contributed by atoms with E-state index < -0.39 is 0 Å². The molecule has 1 heterocycles. The Hall–Kier alpha value is -3.41. The van der Waals surface area contributed by atoms with Crippen molar-refractivity contribution in [2.75, 3.05) is 6.61 Å². The van der Waals surface area contributed by atoms with E-state index >= 15 is 0 Å². The van der Waals surface area contributed by atoms with Gasteiger partial charge in [-0.2, -0.15) is 10.1 Å². The largest absolute Gasteiger partial charge is 0.490 e. The number of benzene rings is 2. The average molecular weight is 443 g/mol. The van der Waals surface area contributed by atoms with Crippen molar-refractivity contribution in [3.8, 4) is 11.5 Å². The summed E-state index contributed by atoms with van der Waals surface area (Å²) in [5.41, 5.74) is 1.81. The Morgan fingerprint density at radius 2 is 1.64 bits per heavy atom. The molecule has 1 saturated heterocycles. The van der Waals surface area contributed by atoms with E-state index in [1.54, 1.807) is 6.21 Å². The SMILES string of the molecule is CCOc1cc(/C=N/N2C(=O)[C@@H]3[C@@H]4C=C[C@H]([C@H]5C[C@H]45)[C@@H]3C2=O)ccc1OCc1ccccc1. The van der Waals surface area contributed by atoms with E-state index in [4.69, 9.17) is 9.47 Å². The fourth-order valence-electron chi connectivity index (χ4n) is 5.91. The molecule has 5 aliphatic rings. The van der Waals surface area contributed by atoms with E-state index in [1.165, 1.54) is 0 Å². The Kier molecular flexibility index (Phi) is 4.82. The van der Waals surface area contributed by atoms with Crippen LogP contribution in [0.15, 0.2) is 65.8 Å². The third-order valence-corrected chi connectivity index (χ3v) is 7.47. The molecule has 6 heteroatoms. The van der Waals surface area contributed by atoms with Gasteiger partial charge in [0.05, 0.1) is 24.7 Å². The van der Waals surface area contributed by atoms with Crippen molar-refractivity contribution in [2.24, 2.45) is 40.6 Å². The van der Waals surface area contributed by atoms with Crippen LogP contribution in [0.2, 0.25) is 0 Å². The van der Waals surface area contributed by atoms with E-state index in [9.17, 15) is 9.59 Å². The highest BCUT2D eigenvalue weighted by molar-refractivity contribution is 6.06. The normalized spacial score (nSPS) is 31.1. The number of amides is 2. The van der Waals surface area contributed by atoms with Crippen molar-refractivity contribution in [1.82, 2.24) is 5.01 Å². The second-order valence-corrected chi connectivity index (χ2v) is 9.30. The van der Waals surface area contributed by atoms with E-state index in [0.717, 1.165) is 22.6 Å². The molecule has 7 rings (SSSR count). The van der Waals surface area contributed by atoms with Crippen LogP contribution in [0.3, 0.4) is 0 Å². The number of hydrogen-bond donors (Lipinski definition) is 0. The van der Waals surface area contributed by atoms with Gasteiger partial charge < -0.3 is 9.47 Å². The highest BCUT2D eigenvalue weighted by Crippen LogP contribution is 2.65. The standard InChI is InChI=1S/C27H26N2O4/c1-2-32-23-12-17(8-11-22(23)33-15-16-6-4-3-5-7-16)14-28-29-26(30)24-18-9-10-19(21-13-20(18)21)25(24)27(29)31/h3-12,14,18-21,24-25H,2,13,15H2,1H3/b28-14+/t18-,19-,20-,21-,24-,25+/m1/s1. The molecule has 0 N–H and O–H groups in total. The van der Waals surface area contributed by atoms with E-state index in [-0.39, 0.29) is 35.5 Å². The van der Waals surface area contributed by atoms with Crippen molar-refractivity contribution < 1.29 is 19.1 Å². The third-order valence-electron chi connectivity index (χ3n) is 7.47. The van der Waals surface area contributed by atoms with Crippen molar-refractivity contribution in [3.05, 3.63) is 71.8 Å². The van der Waals surface area contributed by atoms with Gasteiger partial charge in [0, 0.05) is 0 Å². The molecular formula is C27H26N2O4. The van der Waals surface area contributed by atoms with Gasteiger partial charge in [-0.3, -0.25) is 9.59 Å². The summed E-state index contributed by atoms with van der Waals surface area (Å²) in [6.07, 6.45) is 7.05. The Morgan fingerprint density at radius 1 is 0.939 bits per heavy atom. The van der Waals surface area contributed by atoms with E-state index in [0.29, 0.717) is 36.5 Å². The second kappa shape index (κ2) is 7.87. The fourth-order valence-corrected chi connectivity index (χ4v) is 5.91. The fraction of sp³-hybridized carbons (Fsp3) is 0.370. The maximum atomic E-state index is 13.1. The molecule has 4 aliphatic carbocycles. The molecule has 0 spiro atoms. The van der Waals surface area contributed by atoms with Gasteiger partial charge >= 0.3 is 0 Å². The van der Waals surface area contributed by atoms with Crippen LogP contribution in [-0.4, -0.2) is 29.6 Å². The number of hydrazone groups is 1. The van der Waals surface area contributed by atoms with Crippen LogP contribution in [-0.2, 0) is 16.2 Å². The van der Waals surface area contributed by atoms with Crippen LogP contribution in [0.1, 0.15) is 24.5 Å². The van der Waals surface area contributed by atoms with Crippen molar-refractivity contribution >= 4 is 18.0 Å². The highest BCUT2D eigenvalue weighted by Gasteiger charge is 2.67. The van der Waals surface area contributed by atoms with Gasteiger partial charge in [0.2, 0.25) is 0 Å². The first-order valence-electron chi connectivity index (χ1n) is 11.7. The predicted molar refractivity (Wildman–Crippen MR) is 123 cm³/mol. The third kappa shape index (κ3) is 3.36. The predicted octanol–water partition coefficient (Wildman–Crippen LogP) is 4.05. The summed E-state index contributed by atoms with van der Waals surface area (Å²) in [4.78, 5) is 26.2. The van der Waals surface area contributed by atoms with Gasteiger partial charge in [-0.05, 0) is 66.3 Å². The van der Waals surface area contributed by atoms with Gasteiger partial charge in [0.25, 0.3) is 11.8 Å². The van der Waals surface area contributed by atoms with Crippen LogP contribution in [0.25, 0.3) is 0 Å². The maximum Gasteiger partial charge on any atom is 0.254 e. The number of carbonyl (C=O) groups is 2. The van der Waals surface area contributed by atoms with Gasteiger partial charge in [0.15, 0.2) is 11.5 Å². The first-order chi connectivity index (χ1) is 16.2. The molecule has 1 aliphatic heterocycles. The van der Waals surface area contributed by atoms with Gasteiger partial charge in [-0.1, -0.05) is 42.5 Å². The quantitative estimate of drug-likeness (QED) is 0.369. The minimum atomic E-state index is -0.235. The summed E-state index contributed by atoms with van der Waals surface area (Å²) in [5.74, 6) is 2.03. The van der Waals surface area contributed by atoms with Crippen molar-refractivity contribution in [2.45, 2.75) is 20.0 Å². The summed E-state index contributed by atoms with van der Waals surface area (Å²) in [5, 5.41) is 5.43. The smallest absolute Gasteiger partial charge is 0.254 e. The number of allylic oxidation sites excluding steroid dienone is 2.